The lowest BCUT2D eigenvalue weighted by molar-refractivity contribution is -0.133. The predicted molar refractivity (Wildman–Crippen MR) is 132 cm³/mol. The maximum Gasteiger partial charge on any atom is 0.313 e. The van der Waals surface area contributed by atoms with Gasteiger partial charge in [-0.3, -0.25) is 18.7 Å². The number of carbonyl (C=O) groups is 1. The first-order valence-corrected chi connectivity index (χ1v) is 12.4. The van der Waals surface area contributed by atoms with Crippen LogP contribution in [0.2, 0.25) is 0 Å². The molecule has 3 N–H and O–H groups in total. The number of carboxylic acid groups (broad SMARTS) is 1. The Hall–Kier alpha value is -2.82. The number of aliphatic carboxylic acids is 1. The third kappa shape index (κ3) is 4.50. The van der Waals surface area contributed by atoms with E-state index in [0.29, 0.717) is 34.2 Å². The summed E-state index contributed by atoms with van der Waals surface area (Å²) < 4.78 is 9.28. The van der Waals surface area contributed by atoms with E-state index in [9.17, 15) is 9.59 Å². The van der Waals surface area contributed by atoms with Gasteiger partial charge in [0.2, 0.25) is 5.62 Å². The second-order valence-electron chi connectivity index (χ2n) is 8.20. The number of aromatic nitrogens is 2. The molecule has 1 aromatic carbocycles. The summed E-state index contributed by atoms with van der Waals surface area (Å²) in [6, 6.07) is 9.59. The first-order chi connectivity index (χ1) is 15.8. The van der Waals surface area contributed by atoms with Crippen LogP contribution in [0, 0.1) is 5.92 Å². The summed E-state index contributed by atoms with van der Waals surface area (Å²) in [5.74, 6) is 4.99. The van der Waals surface area contributed by atoms with E-state index in [2.05, 4.69) is 25.5 Å². The van der Waals surface area contributed by atoms with E-state index in [4.69, 9.17) is 15.7 Å². The van der Waals surface area contributed by atoms with Crippen molar-refractivity contribution in [3.8, 4) is 0 Å². The van der Waals surface area contributed by atoms with E-state index in [0.717, 1.165) is 27.8 Å². The van der Waals surface area contributed by atoms with Crippen LogP contribution in [0.5, 0.6) is 0 Å². The number of ether oxygens (including phenoxy) is 1. The second kappa shape index (κ2) is 9.58. The molecular formula is C23H26N4O4S2. The fourth-order valence-electron chi connectivity index (χ4n) is 3.99. The van der Waals surface area contributed by atoms with Gasteiger partial charge in [0, 0.05) is 11.3 Å². The third-order valence-electron chi connectivity index (χ3n) is 5.66. The van der Waals surface area contributed by atoms with Gasteiger partial charge in [0.15, 0.2) is 0 Å². The number of thioether (sulfide) groups is 1. The molecule has 3 heterocycles. The van der Waals surface area contributed by atoms with Gasteiger partial charge in [-0.1, -0.05) is 62.5 Å². The molecule has 0 saturated heterocycles. The van der Waals surface area contributed by atoms with Crippen molar-refractivity contribution in [1.29, 1.82) is 0 Å². The molecule has 8 nitrogen and oxygen atoms in total. The molecule has 0 aliphatic carbocycles. The Kier molecular flexibility index (Phi) is 6.78. The van der Waals surface area contributed by atoms with Crippen molar-refractivity contribution >= 4 is 44.3 Å². The minimum atomic E-state index is -0.958. The first kappa shape index (κ1) is 23.3. The number of fused-ring (bicyclic) bond motifs is 3. The zero-order chi connectivity index (χ0) is 23.7. The number of nitrogens with zero attached hydrogens (tertiary/aromatic N) is 3. The molecule has 1 unspecified atom stereocenters. The molecule has 4 rings (SSSR count). The Labute approximate surface area is 199 Å². The van der Waals surface area contributed by atoms with Gasteiger partial charge in [-0.25, -0.2) is 0 Å². The largest absolute Gasteiger partial charge is 0.481 e. The van der Waals surface area contributed by atoms with Crippen LogP contribution < -0.4 is 17.0 Å². The van der Waals surface area contributed by atoms with E-state index >= 15 is 0 Å². The summed E-state index contributed by atoms with van der Waals surface area (Å²) in [5, 5.41) is 14.2. The van der Waals surface area contributed by atoms with Crippen molar-refractivity contribution in [3.05, 3.63) is 68.9 Å². The SMILES string of the molecule is C=C(SCC(=O)O)n1/c(=N\N)n(Cc2ccccc2)c(=O)c2c3c(sc21)COC(C(C)C)C3. The Bertz CT molecular complexity index is 1340. The molecule has 3 aromatic rings. The minimum Gasteiger partial charge on any atom is -0.481 e. The molecule has 1 aliphatic rings. The maximum atomic E-state index is 13.8. The van der Waals surface area contributed by atoms with Crippen LogP contribution in [0.4, 0.5) is 0 Å². The summed E-state index contributed by atoms with van der Waals surface area (Å²) >= 11 is 2.52. The standard InChI is InChI=1S/C23H26N4O4S2/c1-13(2)17-9-16-18(11-31-17)33-22-20(16)21(30)26(10-15-7-5-4-6-8-15)23(25-24)27(22)14(3)32-12-19(28)29/h4-8,13,17H,3,9-12,24H2,1-2H3,(H,28,29)/b25-23-. The van der Waals surface area contributed by atoms with Crippen molar-refractivity contribution in [3.63, 3.8) is 0 Å². The quantitative estimate of drug-likeness (QED) is 0.392. The topological polar surface area (TPSA) is 112 Å². The molecule has 1 atom stereocenters. The van der Waals surface area contributed by atoms with Gasteiger partial charge in [-0.05, 0) is 17.0 Å². The molecule has 174 valence electrons. The number of nitrogens with two attached hydrogens (primary N) is 1. The Morgan fingerprint density at radius 2 is 2.12 bits per heavy atom. The van der Waals surface area contributed by atoms with E-state index < -0.39 is 5.97 Å². The minimum absolute atomic E-state index is 0.0224. The molecule has 0 amide bonds. The summed E-state index contributed by atoms with van der Waals surface area (Å²) in [4.78, 5) is 26.7. The number of thiophene rings is 1. The van der Waals surface area contributed by atoms with Crippen LogP contribution in [0.1, 0.15) is 29.9 Å². The lowest BCUT2D eigenvalue weighted by Gasteiger charge is -2.26. The average Bonchev–Trinajstić information content (AvgIpc) is 3.18. The highest BCUT2D eigenvalue weighted by Gasteiger charge is 2.29. The van der Waals surface area contributed by atoms with Crippen LogP contribution in [0.25, 0.3) is 15.2 Å². The summed E-state index contributed by atoms with van der Waals surface area (Å²) in [6.07, 6.45) is 0.663. The molecular weight excluding hydrogens is 460 g/mol. The first-order valence-electron chi connectivity index (χ1n) is 10.5. The lowest BCUT2D eigenvalue weighted by Crippen LogP contribution is -2.41. The second-order valence-corrected chi connectivity index (χ2v) is 10.3. The lowest BCUT2D eigenvalue weighted by atomic mass is 9.96. The maximum absolute atomic E-state index is 13.8. The van der Waals surface area contributed by atoms with E-state index in [1.54, 1.807) is 4.57 Å². The summed E-state index contributed by atoms with van der Waals surface area (Å²) in [5.41, 5.74) is 1.96. The van der Waals surface area contributed by atoms with Gasteiger partial charge in [-0.2, -0.15) is 0 Å². The van der Waals surface area contributed by atoms with Crippen molar-refractivity contribution in [2.45, 2.75) is 39.5 Å². The Morgan fingerprint density at radius 3 is 2.76 bits per heavy atom. The van der Waals surface area contributed by atoms with Gasteiger partial charge in [0.05, 0.1) is 35.4 Å². The van der Waals surface area contributed by atoms with Crippen molar-refractivity contribution in [2.24, 2.45) is 16.9 Å². The molecule has 2 aromatic heterocycles. The van der Waals surface area contributed by atoms with E-state index in [1.165, 1.54) is 15.9 Å². The molecule has 10 heteroatoms. The monoisotopic (exact) mass is 486 g/mol. The van der Waals surface area contributed by atoms with Crippen LogP contribution >= 0.6 is 23.1 Å². The van der Waals surface area contributed by atoms with E-state index in [1.807, 2.05) is 30.3 Å². The zero-order valence-electron chi connectivity index (χ0n) is 18.5. The smallest absolute Gasteiger partial charge is 0.313 e. The Balaban J connectivity index is 1.99. The van der Waals surface area contributed by atoms with Gasteiger partial charge in [0.1, 0.15) is 4.83 Å². The number of rotatable bonds is 7. The van der Waals surface area contributed by atoms with Crippen LogP contribution in [0.15, 0.2) is 46.8 Å². The highest BCUT2D eigenvalue weighted by atomic mass is 32.2. The fourth-order valence-corrected chi connectivity index (χ4v) is 5.90. The molecule has 0 radical (unpaired) electrons. The van der Waals surface area contributed by atoms with Crippen molar-refractivity contribution in [2.75, 3.05) is 5.75 Å². The fraction of sp³-hybridized carbons (Fsp3) is 0.348. The number of hydrogen-bond donors (Lipinski definition) is 2. The number of hydrogen-bond acceptors (Lipinski definition) is 7. The molecule has 0 spiro atoms. The van der Waals surface area contributed by atoms with Crippen molar-refractivity contribution < 1.29 is 14.6 Å². The molecule has 33 heavy (non-hydrogen) atoms. The van der Waals surface area contributed by atoms with Crippen LogP contribution in [-0.4, -0.2) is 32.1 Å². The van der Waals surface area contributed by atoms with Gasteiger partial charge >= 0.3 is 5.97 Å². The molecule has 0 bridgehead atoms. The highest BCUT2D eigenvalue weighted by molar-refractivity contribution is 8.08. The summed E-state index contributed by atoms with van der Waals surface area (Å²) in [6.45, 7) is 9.01. The zero-order valence-corrected chi connectivity index (χ0v) is 20.1. The molecule has 1 aliphatic heterocycles. The predicted octanol–water partition coefficient (Wildman–Crippen LogP) is 3.03. The van der Waals surface area contributed by atoms with Crippen LogP contribution in [0.3, 0.4) is 0 Å². The van der Waals surface area contributed by atoms with Crippen LogP contribution in [-0.2, 0) is 29.1 Å². The normalized spacial score (nSPS) is 16.3. The molecule has 0 saturated carbocycles. The highest BCUT2D eigenvalue weighted by Crippen LogP contribution is 2.37. The summed E-state index contributed by atoms with van der Waals surface area (Å²) in [7, 11) is 0. The van der Waals surface area contributed by atoms with Crippen molar-refractivity contribution in [1.82, 2.24) is 9.13 Å². The van der Waals surface area contributed by atoms with Gasteiger partial charge < -0.3 is 15.7 Å². The average molecular weight is 487 g/mol. The molecule has 0 fully saturated rings. The number of carboxylic acids is 1. The van der Waals surface area contributed by atoms with E-state index in [-0.39, 0.29) is 29.6 Å². The van der Waals surface area contributed by atoms with Gasteiger partial charge in [-0.15, -0.1) is 16.4 Å². The van der Waals surface area contributed by atoms with Gasteiger partial charge in [0.25, 0.3) is 5.56 Å². The number of benzene rings is 1. The third-order valence-corrected chi connectivity index (χ3v) is 7.76. The Morgan fingerprint density at radius 1 is 1.39 bits per heavy atom.